The lowest BCUT2D eigenvalue weighted by Crippen LogP contribution is -1.99. The molecule has 0 fully saturated rings. The Bertz CT molecular complexity index is 3170. The third-order valence-corrected chi connectivity index (χ3v) is 11.4. The summed E-state index contributed by atoms with van der Waals surface area (Å²) < 4.78 is 2.36. The number of allylic oxidation sites excluding steroid dienone is 2. The van der Waals surface area contributed by atoms with Crippen LogP contribution < -0.4 is 0 Å². The molecule has 10 aromatic rings. The number of hydrogen-bond acceptors (Lipinski definition) is 2. The van der Waals surface area contributed by atoms with E-state index in [0.717, 1.165) is 45.6 Å². The van der Waals surface area contributed by atoms with Crippen molar-refractivity contribution >= 4 is 44.7 Å². The highest BCUT2D eigenvalue weighted by Crippen LogP contribution is 2.39. The molecule has 11 rings (SSSR count). The van der Waals surface area contributed by atoms with Crippen molar-refractivity contribution in [3.63, 3.8) is 0 Å². The van der Waals surface area contributed by atoms with Crippen LogP contribution in [-0.2, 0) is 0 Å². The first-order valence-electron chi connectivity index (χ1n) is 19.9. The zero-order valence-corrected chi connectivity index (χ0v) is 31.8. The molecule has 0 unspecified atom stereocenters. The molecule has 0 atom stereocenters. The molecular weight excluding hydrogens is 703 g/mol. The molecule has 0 aliphatic heterocycles. The summed E-state index contributed by atoms with van der Waals surface area (Å²) in [4.78, 5) is 10.5. The average molecular weight is 740 g/mol. The lowest BCUT2D eigenvalue weighted by Gasteiger charge is -2.16. The van der Waals surface area contributed by atoms with E-state index in [2.05, 4.69) is 211 Å². The molecule has 0 radical (unpaired) electrons. The van der Waals surface area contributed by atoms with E-state index >= 15 is 0 Å². The summed E-state index contributed by atoms with van der Waals surface area (Å²) in [6, 6.07) is 67.2. The molecule has 1 aliphatic rings. The van der Waals surface area contributed by atoms with Gasteiger partial charge in [-0.15, -0.1) is 0 Å². The third-order valence-electron chi connectivity index (χ3n) is 11.4. The predicted octanol–water partition coefficient (Wildman–Crippen LogP) is 14.5. The summed E-state index contributed by atoms with van der Waals surface area (Å²) in [6.45, 7) is 0. The summed E-state index contributed by atoms with van der Waals surface area (Å²) in [5, 5.41) is 4.86. The summed E-state index contributed by atoms with van der Waals surface area (Å²) in [7, 11) is 0. The average Bonchev–Trinajstić information content (AvgIpc) is 3.42. The first-order chi connectivity index (χ1) is 28.7. The second-order valence-electron chi connectivity index (χ2n) is 14.9. The third kappa shape index (κ3) is 5.93. The normalized spacial score (nSPS) is 12.3. The minimum atomic E-state index is 0.706. The van der Waals surface area contributed by atoms with E-state index in [1.165, 1.54) is 60.6 Å². The second kappa shape index (κ2) is 14.1. The monoisotopic (exact) mass is 739 g/mol. The SMILES string of the molecule is C1=Cc2c(-c3ccccc3)ccc(-c3cc(-c4ccccc4)nc(-c4ccc5cc(-c6ccc(-n7c8ccccc8c8ccccc87)cc6)ccc5c4)n3)c2C=CC1. The summed E-state index contributed by atoms with van der Waals surface area (Å²) in [6.07, 6.45) is 9.88. The van der Waals surface area contributed by atoms with Gasteiger partial charge in [-0.05, 0) is 93.0 Å². The molecule has 0 amide bonds. The maximum absolute atomic E-state index is 5.31. The van der Waals surface area contributed by atoms with E-state index in [1.807, 2.05) is 6.07 Å². The van der Waals surface area contributed by atoms with Gasteiger partial charge in [0, 0.05) is 33.2 Å². The van der Waals surface area contributed by atoms with Crippen LogP contribution in [0.5, 0.6) is 0 Å². The van der Waals surface area contributed by atoms with Gasteiger partial charge in [0.25, 0.3) is 0 Å². The topological polar surface area (TPSA) is 30.7 Å². The number of aromatic nitrogens is 3. The van der Waals surface area contributed by atoms with Gasteiger partial charge < -0.3 is 4.57 Å². The van der Waals surface area contributed by atoms with Gasteiger partial charge in [0.05, 0.1) is 22.4 Å². The van der Waals surface area contributed by atoms with Gasteiger partial charge in [0.2, 0.25) is 0 Å². The molecule has 58 heavy (non-hydrogen) atoms. The number of benzene rings is 8. The highest BCUT2D eigenvalue weighted by atomic mass is 15.0. The fourth-order valence-corrected chi connectivity index (χ4v) is 8.58. The van der Waals surface area contributed by atoms with Gasteiger partial charge in [-0.3, -0.25) is 0 Å². The molecule has 1 aliphatic carbocycles. The quantitative estimate of drug-likeness (QED) is 0.170. The van der Waals surface area contributed by atoms with Crippen molar-refractivity contribution < 1.29 is 0 Å². The van der Waals surface area contributed by atoms with Crippen molar-refractivity contribution in [2.45, 2.75) is 6.42 Å². The number of para-hydroxylation sites is 2. The van der Waals surface area contributed by atoms with E-state index in [0.29, 0.717) is 5.82 Å². The number of hydrogen-bond donors (Lipinski definition) is 0. The van der Waals surface area contributed by atoms with Crippen LogP contribution in [0.25, 0.3) is 107 Å². The van der Waals surface area contributed by atoms with Crippen LogP contribution in [-0.4, -0.2) is 14.5 Å². The highest BCUT2D eigenvalue weighted by molar-refractivity contribution is 6.09. The Morgan fingerprint density at radius 2 is 0.914 bits per heavy atom. The Morgan fingerprint density at radius 3 is 1.60 bits per heavy atom. The minimum Gasteiger partial charge on any atom is -0.309 e. The van der Waals surface area contributed by atoms with Gasteiger partial charge in [0.1, 0.15) is 0 Å². The number of rotatable bonds is 6. The van der Waals surface area contributed by atoms with Crippen LogP contribution in [0.4, 0.5) is 0 Å². The van der Waals surface area contributed by atoms with Crippen molar-refractivity contribution in [1.29, 1.82) is 0 Å². The Hall–Kier alpha value is -7.62. The molecule has 8 aromatic carbocycles. The van der Waals surface area contributed by atoms with Gasteiger partial charge in [-0.2, -0.15) is 0 Å². The molecule has 0 saturated carbocycles. The summed E-state index contributed by atoms with van der Waals surface area (Å²) >= 11 is 0. The summed E-state index contributed by atoms with van der Waals surface area (Å²) in [5.41, 5.74) is 15.7. The lowest BCUT2D eigenvalue weighted by molar-refractivity contribution is 1.18. The Morgan fingerprint density at radius 1 is 0.379 bits per heavy atom. The largest absolute Gasteiger partial charge is 0.309 e. The number of fused-ring (bicyclic) bond motifs is 5. The molecule has 0 spiro atoms. The van der Waals surface area contributed by atoms with Crippen LogP contribution in [0.2, 0.25) is 0 Å². The van der Waals surface area contributed by atoms with Crippen molar-refractivity contribution in [3.05, 3.63) is 211 Å². The highest BCUT2D eigenvalue weighted by Gasteiger charge is 2.18. The Kier molecular flexibility index (Phi) is 8.22. The first-order valence-corrected chi connectivity index (χ1v) is 19.9. The molecular formula is C55H37N3. The van der Waals surface area contributed by atoms with Gasteiger partial charge >= 0.3 is 0 Å². The van der Waals surface area contributed by atoms with E-state index in [9.17, 15) is 0 Å². The molecule has 2 aromatic heterocycles. The molecule has 2 heterocycles. The zero-order valence-electron chi connectivity index (χ0n) is 31.8. The standard InChI is InChI=1S/C55H37N3/c1-4-14-38(15-5-1)45-32-33-48(47-19-9-3-8-18-46(45)47)52-36-51(39-16-6-2-7-17-39)56-55(57-52)43-27-26-41-34-40(24-25-42(41)35-43)37-28-30-44(31-29-37)58-53-22-12-10-20-49(53)50-21-11-13-23-54(50)58/h1-2,4-36H,3H2. The zero-order chi connectivity index (χ0) is 38.4. The number of nitrogens with zero attached hydrogens (tertiary/aromatic N) is 3. The van der Waals surface area contributed by atoms with Crippen LogP contribution in [0, 0.1) is 0 Å². The van der Waals surface area contributed by atoms with Crippen molar-refractivity contribution in [1.82, 2.24) is 14.5 Å². The molecule has 0 N–H and O–H groups in total. The predicted molar refractivity (Wildman–Crippen MR) is 244 cm³/mol. The van der Waals surface area contributed by atoms with Gasteiger partial charge in [-0.1, -0.05) is 170 Å². The summed E-state index contributed by atoms with van der Waals surface area (Å²) in [5.74, 6) is 0.706. The molecule has 3 nitrogen and oxygen atoms in total. The maximum Gasteiger partial charge on any atom is 0.160 e. The van der Waals surface area contributed by atoms with E-state index < -0.39 is 0 Å². The Labute approximate surface area is 337 Å². The molecule has 272 valence electrons. The Balaban J connectivity index is 0.973. The van der Waals surface area contributed by atoms with E-state index in [-0.39, 0.29) is 0 Å². The smallest absolute Gasteiger partial charge is 0.160 e. The fraction of sp³-hybridized carbons (Fsp3) is 0.0182. The second-order valence-corrected chi connectivity index (χ2v) is 14.9. The molecule has 3 heteroatoms. The van der Waals surface area contributed by atoms with Crippen molar-refractivity contribution in [2.75, 3.05) is 0 Å². The fourth-order valence-electron chi connectivity index (χ4n) is 8.58. The van der Waals surface area contributed by atoms with Gasteiger partial charge in [-0.25, -0.2) is 9.97 Å². The van der Waals surface area contributed by atoms with Crippen molar-refractivity contribution in [2.24, 2.45) is 0 Å². The minimum absolute atomic E-state index is 0.706. The van der Waals surface area contributed by atoms with Gasteiger partial charge in [0.15, 0.2) is 5.82 Å². The van der Waals surface area contributed by atoms with Crippen LogP contribution in [0.3, 0.4) is 0 Å². The lowest BCUT2D eigenvalue weighted by atomic mass is 9.90. The van der Waals surface area contributed by atoms with Crippen LogP contribution in [0.15, 0.2) is 200 Å². The van der Waals surface area contributed by atoms with E-state index in [1.54, 1.807) is 0 Å². The first kappa shape index (κ1) is 33.7. The van der Waals surface area contributed by atoms with E-state index in [4.69, 9.17) is 9.97 Å². The van der Waals surface area contributed by atoms with Crippen LogP contribution in [0.1, 0.15) is 17.5 Å². The van der Waals surface area contributed by atoms with Crippen LogP contribution >= 0.6 is 0 Å². The molecule has 0 saturated heterocycles. The molecule has 0 bridgehead atoms. The maximum atomic E-state index is 5.31. The van der Waals surface area contributed by atoms with Crippen molar-refractivity contribution in [3.8, 4) is 61.8 Å².